The number of halogens is 6. The Morgan fingerprint density at radius 2 is 1.75 bits per heavy atom. The number of nitrogens with zero attached hydrogens (tertiary/aromatic N) is 5. The average molecular weight is 535 g/mol. The summed E-state index contributed by atoms with van der Waals surface area (Å²) in [4.78, 5) is 6.00. The van der Waals surface area contributed by atoms with Gasteiger partial charge in [-0.15, -0.1) is 0 Å². The molecule has 1 aromatic carbocycles. The Balaban J connectivity index is 1.63. The number of aromatic hydroxyl groups is 1. The lowest BCUT2D eigenvalue weighted by molar-refractivity contribution is -0.140. The molecule has 5 rings (SSSR count). The molecule has 0 amide bonds. The predicted octanol–water partition coefficient (Wildman–Crippen LogP) is 3.48. The van der Waals surface area contributed by atoms with Crippen molar-refractivity contribution < 1.29 is 39.9 Å². The Hall–Kier alpha value is -3.07. The largest absolute Gasteiger partial charge is 0.503 e. The maximum absolute atomic E-state index is 15.4. The predicted molar refractivity (Wildman–Crippen MR) is 116 cm³/mol. The van der Waals surface area contributed by atoms with Crippen LogP contribution >= 0.6 is 0 Å². The van der Waals surface area contributed by atoms with Gasteiger partial charge in [-0.1, -0.05) is 0 Å². The van der Waals surface area contributed by atoms with Crippen LogP contribution in [0, 0.1) is 24.4 Å². The van der Waals surface area contributed by atoms with E-state index < -0.39 is 56.2 Å². The van der Waals surface area contributed by atoms with Crippen molar-refractivity contribution in [2.45, 2.75) is 31.5 Å². The van der Waals surface area contributed by atoms with Gasteiger partial charge >= 0.3 is 6.18 Å². The number of hydrogen-bond acceptors (Lipinski definition) is 6. The number of aryl methyl sites for hydroxylation is 1. The number of anilines is 1. The summed E-state index contributed by atoms with van der Waals surface area (Å²) >= 11 is 0. The first-order chi connectivity index (χ1) is 16.6. The molecule has 2 aromatic heterocycles. The molecular weight excluding hydrogens is 516 g/mol. The van der Waals surface area contributed by atoms with Crippen LogP contribution < -0.4 is 4.90 Å². The topological polar surface area (TPSA) is 91.6 Å². The molecule has 3 aromatic rings. The number of piperazine rings is 1. The van der Waals surface area contributed by atoms with Crippen LogP contribution in [0.25, 0.3) is 16.7 Å². The van der Waals surface area contributed by atoms with Gasteiger partial charge in [-0.25, -0.2) is 31.3 Å². The van der Waals surface area contributed by atoms with E-state index in [0.29, 0.717) is 17.5 Å². The molecule has 1 saturated carbocycles. The van der Waals surface area contributed by atoms with Crippen molar-refractivity contribution in [3.63, 3.8) is 0 Å². The monoisotopic (exact) mass is 535 g/mol. The number of phenolic OH excluding ortho intramolecular Hbond substituents is 1. The van der Waals surface area contributed by atoms with Crippen LogP contribution in [-0.4, -0.2) is 64.0 Å². The zero-order chi connectivity index (χ0) is 26.4. The van der Waals surface area contributed by atoms with Crippen LogP contribution in [-0.2, 0) is 16.2 Å². The fraction of sp³-hybridized carbons (Fsp3) is 0.429. The lowest BCUT2D eigenvalue weighted by Gasteiger charge is -2.41. The van der Waals surface area contributed by atoms with E-state index >= 15 is 4.39 Å². The Kier molecular flexibility index (Phi) is 5.27. The van der Waals surface area contributed by atoms with E-state index in [2.05, 4.69) is 10.1 Å². The lowest BCUT2D eigenvalue weighted by Crippen LogP contribution is -2.56. The van der Waals surface area contributed by atoms with Crippen LogP contribution in [0.5, 0.6) is 5.75 Å². The highest BCUT2D eigenvalue weighted by Gasteiger charge is 2.54. The summed E-state index contributed by atoms with van der Waals surface area (Å²) in [5, 5.41) is 13.6. The maximum Gasteiger partial charge on any atom is 0.419 e. The Morgan fingerprint density at radius 3 is 2.33 bits per heavy atom. The van der Waals surface area contributed by atoms with Gasteiger partial charge in [-0.2, -0.15) is 22.6 Å². The van der Waals surface area contributed by atoms with Crippen molar-refractivity contribution in [2.75, 3.05) is 30.8 Å². The smallest absolute Gasteiger partial charge is 0.419 e. The van der Waals surface area contributed by atoms with Crippen molar-refractivity contribution >= 4 is 26.9 Å². The second-order valence-corrected chi connectivity index (χ2v) is 11.0. The van der Waals surface area contributed by atoms with Gasteiger partial charge in [0.05, 0.1) is 28.6 Å². The number of hydrogen-bond donors (Lipinski definition) is 1. The molecule has 1 aliphatic carbocycles. The van der Waals surface area contributed by atoms with Crippen molar-refractivity contribution in [3.05, 3.63) is 40.8 Å². The number of pyridine rings is 1. The summed E-state index contributed by atoms with van der Waals surface area (Å²) in [6, 6.07) is 1.06. The van der Waals surface area contributed by atoms with E-state index in [9.17, 15) is 35.5 Å². The summed E-state index contributed by atoms with van der Waals surface area (Å²) in [6.45, 7) is 1.85. The zero-order valence-corrected chi connectivity index (χ0v) is 19.7. The van der Waals surface area contributed by atoms with E-state index in [1.807, 2.05) is 0 Å². The summed E-state index contributed by atoms with van der Waals surface area (Å²) in [5.41, 5.74) is -3.53. The quantitative estimate of drug-likeness (QED) is 0.517. The fourth-order valence-corrected chi connectivity index (χ4v) is 5.51. The van der Waals surface area contributed by atoms with Crippen molar-refractivity contribution in [1.29, 1.82) is 0 Å². The average Bonchev–Trinajstić information content (AvgIpc) is 3.46. The van der Waals surface area contributed by atoms with E-state index in [1.165, 1.54) is 11.2 Å². The third kappa shape index (κ3) is 3.75. The number of alkyl halides is 3. The maximum atomic E-state index is 15.4. The van der Waals surface area contributed by atoms with Crippen LogP contribution in [0.4, 0.5) is 32.2 Å². The molecule has 0 radical (unpaired) electrons. The van der Waals surface area contributed by atoms with Crippen molar-refractivity contribution in [1.82, 2.24) is 19.1 Å². The molecule has 15 heteroatoms. The van der Waals surface area contributed by atoms with Crippen LogP contribution in [0.1, 0.15) is 24.1 Å². The van der Waals surface area contributed by atoms with Gasteiger partial charge in [0.1, 0.15) is 11.2 Å². The molecule has 1 spiro atoms. The van der Waals surface area contributed by atoms with Crippen molar-refractivity contribution in [2.24, 2.45) is 0 Å². The molecule has 3 heterocycles. The SMILES string of the molecule is Cc1nn(-c2cc(C(F)(F)F)c(F)c(O)c2F)c2cc(F)c(N3CCN(S(C)(=O)=O)CC34CC4)nc12. The highest BCUT2D eigenvalue weighted by molar-refractivity contribution is 7.88. The molecule has 1 N–H and O–H groups in total. The van der Waals surface area contributed by atoms with Crippen molar-refractivity contribution in [3.8, 4) is 11.4 Å². The molecule has 1 saturated heterocycles. The number of fused-ring (bicyclic) bond motifs is 1. The third-order valence-electron chi connectivity index (χ3n) is 6.62. The first-order valence-corrected chi connectivity index (χ1v) is 12.6. The minimum absolute atomic E-state index is 0.0458. The summed E-state index contributed by atoms with van der Waals surface area (Å²) < 4.78 is 110. The van der Waals surface area contributed by atoms with Gasteiger partial charge in [0.25, 0.3) is 0 Å². The molecule has 0 atom stereocenters. The molecular formula is C21H19F6N5O3S. The van der Waals surface area contributed by atoms with E-state index in [1.54, 1.807) is 4.90 Å². The molecule has 0 unspecified atom stereocenters. The first-order valence-electron chi connectivity index (χ1n) is 10.7. The second kappa shape index (κ2) is 7.71. The highest BCUT2D eigenvalue weighted by Crippen LogP contribution is 2.47. The lowest BCUT2D eigenvalue weighted by atomic mass is 10.1. The standard InChI is InChI=1S/C21H19F6N5O3S/c1-10-17-14(32(29-10)13-7-11(21(25,26)27)15(23)18(33)16(13)24)8-12(22)19(28-17)31-6-5-30(36(2,34)35)9-20(31)3-4-20/h7-8,33H,3-6,9H2,1-2H3. The van der Waals surface area contributed by atoms with Crippen LogP contribution in [0.2, 0.25) is 0 Å². The summed E-state index contributed by atoms with van der Waals surface area (Å²) in [6.07, 6.45) is -2.93. The number of sulfonamides is 1. The Morgan fingerprint density at radius 1 is 1.08 bits per heavy atom. The Labute approximate surface area is 200 Å². The number of rotatable bonds is 3. The van der Waals surface area contributed by atoms with Gasteiger partial charge in [0.2, 0.25) is 10.0 Å². The second-order valence-electron chi connectivity index (χ2n) is 9.05. The third-order valence-corrected chi connectivity index (χ3v) is 7.87. The van der Waals surface area contributed by atoms with E-state index in [4.69, 9.17) is 0 Å². The number of phenols is 1. The molecule has 2 fully saturated rings. The fourth-order valence-electron chi connectivity index (χ4n) is 4.62. The minimum Gasteiger partial charge on any atom is -0.503 e. The highest BCUT2D eigenvalue weighted by atomic mass is 32.2. The normalized spacial score (nSPS) is 18.4. The number of aromatic nitrogens is 3. The molecule has 8 nitrogen and oxygen atoms in total. The summed E-state index contributed by atoms with van der Waals surface area (Å²) in [7, 11) is -3.45. The minimum atomic E-state index is -5.24. The van der Waals surface area contributed by atoms with Crippen LogP contribution in [0.15, 0.2) is 12.1 Å². The molecule has 0 bridgehead atoms. The Bertz CT molecular complexity index is 1520. The zero-order valence-electron chi connectivity index (χ0n) is 18.9. The van der Waals surface area contributed by atoms with Gasteiger partial charge < -0.3 is 10.0 Å². The van der Waals surface area contributed by atoms with E-state index in [0.717, 1.165) is 12.3 Å². The van der Waals surface area contributed by atoms with Crippen LogP contribution in [0.3, 0.4) is 0 Å². The van der Waals surface area contributed by atoms with Gasteiger partial charge in [0, 0.05) is 25.7 Å². The molecule has 194 valence electrons. The van der Waals surface area contributed by atoms with Gasteiger partial charge in [-0.3, -0.25) is 0 Å². The van der Waals surface area contributed by atoms with Gasteiger partial charge in [0.15, 0.2) is 29.0 Å². The van der Waals surface area contributed by atoms with E-state index in [-0.39, 0.29) is 48.2 Å². The number of benzene rings is 1. The molecule has 36 heavy (non-hydrogen) atoms. The first kappa shape index (κ1) is 24.6. The molecule has 1 aliphatic heterocycles. The van der Waals surface area contributed by atoms with Gasteiger partial charge in [-0.05, 0) is 25.8 Å². The molecule has 2 aliphatic rings. The summed E-state index contributed by atoms with van der Waals surface area (Å²) in [5.74, 6) is -6.69.